The Balaban J connectivity index is 0.000000396. The van der Waals surface area contributed by atoms with E-state index in [9.17, 15) is 0 Å². The van der Waals surface area contributed by atoms with Crippen molar-refractivity contribution < 1.29 is 0 Å². The Kier molecular flexibility index (Phi) is 4.79. The summed E-state index contributed by atoms with van der Waals surface area (Å²) in [5.74, 6) is 3.11. The fraction of sp³-hybridized carbons (Fsp3) is 1.00. The van der Waals surface area contributed by atoms with Crippen LogP contribution in [0.1, 0.15) is 46.5 Å². The van der Waals surface area contributed by atoms with Gasteiger partial charge in [0.05, 0.1) is 0 Å². The Labute approximate surface area is 83.3 Å². The number of nitrogens with one attached hydrogen (secondary N) is 1. The molecule has 1 saturated heterocycles. The molecule has 2 fully saturated rings. The van der Waals surface area contributed by atoms with E-state index < -0.39 is 0 Å². The van der Waals surface area contributed by atoms with E-state index in [0.717, 1.165) is 17.8 Å². The summed E-state index contributed by atoms with van der Waals surface area (Å²) >= 11 is 0. The molecule has 0 aromatic carbocycles. The lowest BCUT2D eigenvalue weighted by molar-refractivity contribution is 0.149. The van der Waals surface area contributed by atoms with E-state index in [-0.39, 0.29) is 0 Å². The third-order valence-electron chi connectivity index (χ3n) is 3.50. The minimum Gasteiger partial charge on any atom is -0.316 e. The molecule has 1 heteroatoms. The SMILES string of the molecule is CC.CC1CCC2CNCCC2C1. The molecule has 2 aliphatic rings. The molecule has 0 radical (unpaired) electrons. The van der Waals surface area contributed by atoms with Crippen molar-refractivity contribution >= 4 is 0 Å². The first-order chi connectivity index (χ1) is 6.36. The molecule has 3 unspecified atom stereocenters. The molecule has 2 rings (SSSR count). The van der Waals surface area contributed by atoms with Crippen LogP contribution in [0.4, 0.5) is 0 Å². The largest absolute Gasteiger partial charge is 0.316 e. The zero-order valence-electron chi connectivity index (χ0n) is 9.47. The Morgan fingerprint density at radius 2 is 1.77 bits per heavy atom. The van der Waals surface area contributed by atoms with Crippen molar-refractivity contribution in [2.45, 2.75) is 46.5 Å². The Bertz CT molecular complexity index is 133. The molecule has 0 amide bonds. The van der Waals surface area contributed by atoms with Gasteiger partial charge < -0.3 is 5.32 Å². The Morgan fingerprint density at radius 1 is 1.00 bits per heavy atom. The molecule has 0 bridgehead atoms. The van der Waals surface area contributed by atoms with Gasteiger partial charge in [0.1, 0.15) is 0 Å². The lowest BCUT2D eigenvalue weighted by Gasteiger charge is -2.38. The van der Waals surface area contributed by atoms with Gasteiger partial charge in [-0.1, -0.05) is 27.2 Å². The number of fused-ring (bicyclic) bond motifs is 1. The topological polar surface area (TPSA) is 12.0 Å². The summed E-state index contributed by atoms with van der Waals surface area (Å²) in [6, 6.07) is 0. The van der Waals surface area contributed by atoms with E-state index in [2.05, 4.69) is 12.2 Å². The van der Waals surface area contributed by atoms with E-state index >= 15 is 0 Å². The van der Waals surface area contributed by atoms with Crippen molar-refractivity contribution in [3.63, 3.8) is 0 Å². The molecular weight excluding hydrogens is 158 g/mol. The standard InChI is InChI=1S/C10H19N.C2H6/c1-8-2-3-10-7-11-5-4-9(10)6-8;1-2/h8-11H,2-7H2,1H3;1-2H3. The molecule has 1 aliphatic heterocycles. The van der Waals surface area contributed by atoms with Crippen molar-refractivity contribution in [2.75, 3.05) is 13.1 Å². The third-order valence-corrected chi connectivity index (χ3v) is 3.50. The molecular formula is C12H25N. The molecule has 0 spiro atoms. The second-order valence-electron chi connectivity index (χ2n) is 4.43. The highest BCUT2D eigenvalue weighted by molar-refractivity contribution is 4.83. The summed E-state index contributed by atoms with van der Waals surface area (Å²) in [4.78, 5) is 0. The third kappa shape index (κ3) is 2.98. The number of rotatable bonds is 0. The van der Waals surface area contributed by atoms with Gasteiger partial charge in [-0.05, 0) is 50.1 Å². The van der Waals surface area contributed by atoms with Crippen LogP contribution in [-0.2, 0) is 0 Å². The quantitative estimate of drug-likeness (QED) is 0.608. The first kappa shape index (κ1) is 11.0. The average molecular weight is 183 g/mol. The van der Waals surface area contributed by atoms with Gasteiger partial charge in [-0.15, -0.1) is 0 Å². The molecule has 1 aliphatic carbocycles. The highest BCUT2D eigenvalue weighted by Crippen LogP contribution is 2.36. The van der Waals surface area contributed by atoms with E-state index in [1.54, 1.807) is 0 Å². The molecule has 13 heavy (non-hydrogen) atoms. The first-order valence-electron chi connectivity index (χ1n) is 6.07. The highest BCUT2D eigenvalue weighted by atomic mass is 14.9. The predicted molar refractivity (Wildman–Crippen MR) is 58.8 cm³/mol. The van der Waals surface area contributed by atoms with Gasteiger partial charge in [0, 0.05) is 0 Å². The maximum absolute atomic E-state index is 3.50. The Hall–Kier alpha value is -0.0400. The van der Waals surface area contributed by atoms with Crippen LogP contribution in [-0.4, -0.2) is 13.1 Å². The van der Waals surface area contributed by atoms with Gasteiger partial charge in [0.15, 0.2) is 0 Å². The Morgan fingerprint density at radius 3 is 2.54 bits per heavy atom. The van der Waals surface area contributed by atoms with Crippen molar-refractivity contribution in [3.05, 3.63) is 0 Å². The van der Waals surface area contributed by atoms with Crippen LogP contribution in [0.2, 0.25) is 0 Å². The van der Waals surface area contributed by atoms with Gasteiger partial charge in [0.25, 0.3) is 0 Å². The van der Waals surface area contributed by atoms with E-state index in [4.69, 9.17) is 0 Å². The second-order valence-corrected chi connectivity index (χ2v) is 4.43. The summed E-state index contributed by atoms with van der Waals surface area (Å²) in [6.45, 7) is 8.99. The lowest BCUT2D eigenvalue weighted by Crippen LogP contribution is -2.39. The molecule has 1 N–H and O–H groups in total. The normalized spacial score (nSPS) is 38.5. The number of hydrogen-bond donors (Lipinski definition) is 1. The monoisotopic (exact) mass is 183 g/mol. The summed E-state index contributed by atoms with van der Waals surface area (Å²) in [6.07, 6.45) is 5.91. The smallest absolute Gasteiger partial charge is 0.00179 e. The van der Waals surface area contributed by atoms with Crippen molar-refractivity contribution in [2.24, 2.45) is 17.8 Å². The minimum absolute atomic E-state index is 1.01. The van der Waals surface area contributed by atoms with Crippen LogP contribution >= 0.6 is 0 Å². The van der Waals surface area contributed by atoms with Crippen LogP contribution in [0.3, 0.4) is 0 Å². The second kappa shape index (κ2) is 5.64. The van der Waals surface area contributed by atoms with Gasteiger partial charge in [-0.25, -0.2) is 0 Å². The molecule has 1 heterocycles. The summed E-state index contributed by atoms with van der Waals surface area (Å²) in [5.41, 5.74) is 0. The minimum atomic E-state index is 1.01. The first-order valence-corrected chi connectivity index (χ1v) is 6.07. The van der Waals surface area contributed by atoms with Crippen LogP contribution < -0.4 is 5.32 Å². The molecule has 0 aromatic heterocycles. The predicted octanol–water partition coefficient (Wildman–Crippen LogP) is 3.06. The van der Waals surface area contributed by atoms with Crippen LogP contribution in [0.5, 0.6) is 0 Å². The molecule has 1 saturated carbocycles. The fourth-order valence-electron chi connectivity index (χ4n) is 2.76. The summed E-state index contributed by atoms with van der Waals surface area (Å²) in [7, 11) is 0. The van der Waals surface area contributed by atoms with E-state index in [0.29, 0.717) is 0 Å². The van der Waals surface area contributed by atoms with Crippen LogP contribution in [0.25, 0.3) is 0 Å². The summed E-state index contributed by atoms with van der Waals surface area (Å²) in [5, 5.41) is 3.50. The lowest BCUT2D eigenvalue weighted by atomic mass is 9.72. The van der Waals surface area contributed by atoms with Gasteiger partial charge >= 0.3 is 0 Å². The van der Waals surface area contributed by atoms with Gasteiger partial charge in [-0.2, -0.15) is 0 Å². The van der Waals surface area contributed by atoms with Crippen molar-refractivity contribution in [3.8, 4) is 0 Å². The molecule has 1 nitrogen and oxygen atoms in total. The van der Waals surface area contributed by atoms with Gasteiger partial charge in [0.2, 0.25) is 0 Å². The van der Waals surface area contributed by atoms with Crippen LogP contribution in [0, 0.1) is 17.8 Å². The molecule has 3 atom stereocenters. The highest BCUT2D eigenvalue weighted by Gasteiger charge is 2.29. The molecule has 78 valence electrons. The number of hydrogen-bond acceptors (Lipinski definition) is 1. The zero-order valence-corrected chi connectivity index (χ0v) is 9.47. The zero-order chi connectivity index (χ0) is 9.68. The van der Waals surface area contributed by atoms with Gasteiger partial charge in [-0.3, -0.25) is 0 Å². The van der Waals surface area contributed by atoms with Crippen molar-refractivity contribution in [1.82, 2.24) is 5.32 Å². The molecule has 0 aromatic rings. The van der Waals surface area contributed by atoms with E-state index in [1.807, 2.05) is 13.8 Å². The van der Waals surface area contributed by atoms with Crippen LogP contribution in [0.15, 0.2) is 0 Å². The van der Waals surface area contributed by atoms with Crippen molar-refractivity contribution in [1.29, 1.82) is 0 Å². The summed E-state index contributed by atoms with van der Waals surface area (Å²) < 4.78 is 0. The average Bonchev–Trinajstić information content (AvgIpc) is 2.21. The number of piperidine rings is 1. The van der Waals surface area contributed by atoms with E-state index in [1.165, 1.54) is 38.8 Å². The fourth-order valence-corrected chi connectivity index (χ4v) is 2.76. The maximum atomic E-state index is 3.50. The maximum Gasteiger partial charge on any atom is -0.00179 e.